The van der Waals surface area contributed by atoms with Crippen LogP contribution >= 0.6 is 0 Å². The largest absolute Gasteiger partial charge is 0.573 e. The van der Waals surface area contributed by atoms with Crippen molar-refractivity contribution in [2.45, 2.75) is 19.5 Å². The van der Waals surface area contributed by atoms with E-state index in [2.05, 4.69) is 10.1 Å². The van der Waals surface area contributed by atoms with Crippen molar-refractivity contribution in [3.63, 3.8) is 0 Å². The number of nitrogens with one attached hydrogen (secondary N) is 1. The lowest BCUT2D eigenvalue weighted by atomic mass is 10.1. The molecule has 0 aliphatic carbocycles. The maximum absolute atomic E-state index is 14.9. The molecule has 1 N–H and O–H groups in total. The molecule has 0 unspecified atom stereocenters. The van der Waals surface area contributed by atoms with Gasteiger partial charge >= 0.3 is 12.5 Å². The van der Waals surface area contributed by atoms with Crippen LogP contribution in [-0.2, 0) is 6.18 Å². The summed E-state index contributed by atoms with van der Waals surface area (Å²) in [6.07, 6.45) is -10.2. The molecule has 3 rings (SSSR count). The minimum atomic E-state index is -5.19. The number of anilines is 1. The van der Waals surface area contributed by atoms with Crippen LogP contribution in [0.1, 0.15) is 27.0 Å². The molecule has 5 nitrogen and oxygen atoms in total. The first-order valence-corrected chi connectivity index (χ1v) is 9.64. The third-order valence-corrected chi connectivity index (χ3v) is 4.58. The molecule has 0 aliphatic heterocycles. The van der Waals surface area contributed by atoms with Crippen LogP contribution < -0.4 is 14.8 Å². The van der Waals surface area contributed by atoms with E-state index in [-0.39, 0.29) is 17.0 Å². The number of nitriles is 1. The highest BCUT2D eigenvalue weighted by Gasteiger charge is 2.37. The van der Waals surface area contributed by atoms with Crippen molar-refractivity contribution >= 4 is 11.6 Å². The first kappa shape index (κ1) is 26.3. The number of carbonyl (C=O) groups is 1. The Kier molecular flexibility index (Phi) is 7.10. The van der Waals surface area contributed by atoms with Gasteiger partial charge in [-0.3, -0.25) is 4.79 Å². The lowest BCUT2D eigenvalue weighted by molar-refractivity contribution is -0.274. The summed E-state index contributed by atoms with van der Waals surface area (Å²) in [7, 11) is 0. The van der Waals surface area contributed by atoms with Gasteiger partial charge < -0.3 is 14.8 Å². The predicted octanol–water partition coefficient (Wildman–Crippen LogP) is 7.11. The second-order valence-electron chi connectivity index (χ2n) is 7.14. The SMILES string of the molecule is Cc1cc(OC(F)(F)F)ccc1Oc1ccc(C(F)(F)F)c(F)c1C(=O)Nc1ccc(F)c(C#N)c1. The molecule has 0 saturated heterocycles. The molecule has 188 valence electrons. The highest BCUT2D eigenvalue weighted by Crippen LogP contribution is 2.38. The second kappa shape index (κ2) is 9.73. The molecule has 0 atom stereocenters. The second-order valence-corrected chi connectivity index (χ2v) is 7.14. The van der Waals surface area contributed by atoms with Gasteiger partial charge in [-0.1, -0.05) is 0 Å². The molecule has 13 heteroatoms. The van der Waals surface area contributed by atoms with E-state index in [4.69, 9.17) is 10.00 Å². The molecular weight excluding hydrogens is 504 g/mol. The van der Waals surface area contributed by atoms with Gasteiger partial charge in [0.2, 0.25) is 0 Å². The van der Waals surface area contributed by atoms with Gasteiger partial charge in [0.25, 0.3) is 5.91 Å². The molecule has 0 spiro atoms. The first-order valence-electron chi connectivity index (χ1n) is 9.64. The Morgan fingerprint density at radius 1 is 0.944 bits per heavy atom. The number of benzene rings is 3. The molecule has 0 radical (unpaired) electrons. The number of aryl methyl sites for hydroxylation is 1. The number of alkyl halides is 6. The summed E-state index contributed by atoms with van der Waals surface area (Å²) in [5, 5.41) is 11.0. The number of halogens is 8. The van der Waals surface area contributed by atoms with Gasteiger partial charge in [-0.2, -0.15) is 18.4 Å². The number of hydrogen-bond acceptors (Lipinski definition) is 4. The van der Waals surface area contributed by atoms with E-state index < -0.39 is 58.3 Å². The van der Waals surface area contributed by atoms with Crippen LogP contribution in [0.15, 0.2) is 48.5 Å². The summed E-state index contributed by atoms with van der Waals surface area (Å²) < 4.78 is 115. The monoisotopic (exact) mass is 516 g/mol. The van der Waals surface area contributed by atoms with E-state index in [1.54, 1.807) is 0 Å². The van der Waals surface area contributed by atoms with Crippen molar-refractivity contribution in [1.29, 1.82) is 5.26 Å². The van der Waals surface area contributed by atoms with Crippen molar-refractivity contribution in [2.24, 2.45) is 0 Å². The zero-order valence-corrected chi connectivity index (χ0v) is 17.8. The average molecular weight is 516 g/mol. The third-order valence-electron chi connectivity index (χ3n) is 4.58. The Morgan fingerprint density at radius 3 is 2.19 bits per heavy atom. The zero-order chi connectivity index (χ0) is 26.8. The summed E-state index contributed by atoms with van der Waals surface area (Å²) >= 11 is 0. The van der Waals surface area contributed by atoms with Gasteiger partial charge in [0.15, 0.2) is 5.82 Å². The highest BCUT2D eigenvalue weighted by atomic mass is 19.4. The minimum Gasteiger partial charge on any atom is -0.456 e. The van der Waals surface area contributed by atoms with Crippen LogP contribution in [0, 0.1) is 29.9 Å². The lowest BCUT2D eigenvalue weighted by Gasteiger charge is -2.17. The number of carbonyl (C=O) groups excluding carboxylic acids is 1. The van der Waals surface area contributed by atoms with Gasteiger partial charge in [0, 0.05) is 5.69 Å². The van der Waals surface area contributed by atoms with E-state index in [1.165, 1.54) is 13.0 Å². The van der Waals surface area contributed by atoms with E-state index in [1.807, 2.05) is 0 Å². The summed E-state index contributed by atoms with van der Waals surface area (Å²) in [5.74, 6) is -5.89. The standard InChI is InChI=1S/C23H12F8N2O3/c1-11-8-14(36-23(29,30)31)3-6-17(11)35-18-7-4-15(22(26,27)28)20(25)19(18)21(34)33-13-2-5-16(24)12(9-13)10-32/h2-9H,1H3,(H,33,34). The molecule has 0 fully saturated rings. The first-order chi connectivity index (χ1) is 16.7. The number of ether oxygens (including phenoxy) is 2. The van der Waals surface area contributed by atoms with Crippen LogP contribution in [0.2, 0.25) is 0 Å². The Hall–Kier alpha value is -4.34. The zero-order valence-electron chi connectivity index (χ0n) is 17.8. The van der Waals surface area contributed by atoms with Crippen molar-refractivity contribution in [3.8, 4) is 23.3 Å². The summed E-state index contributed by atoms with van der Waals surface area (Å²) in [6, 6.07) is 7.89. The van der Waals surface area contributed by atoms with E-state index >= 15 is 0 Å². The van der Waals surface area contributed by atoms with Gasteiger partial charge in [0.05, 0.1) is 11.1 Å². The van der Waals surface area contributed by atoms with Gasteiger partial charge in [-0.05, 0) is 61.0 Å². The molecule has 1 amide bonds. The Balaban J connectivity index is 2.03. The van der Waals surface area contributed by atoms with Crippen molar-refractivity contribution in [1.82, 2.24) is 0 Å². The van der Waals surface area contributed by atoms with E-state index in [9.17, 15) is 39.9 Å². The number of hydrogen-bond donors (Lipinski definition) is 1. The summed E-state index contributed by atoms with van der Waals surface area (Å²) in [5.41, 5.74) is -3.69. The van der Waals surface area contributed by atoms with E-state index in [0.717, 1.165) is 36.4 Å². The fourth-order valence-corrected chi connectivity index (χ4v) is 3.01. The van der Waals surface area contributed by atoms with Gasteiger partial charge in [0.1, 0.15) is 34.7 Å². The third kappa shape index (κ3) is 6.01. The fourth-order valence-electron chi connectivity index (χ4n) is 3.01. The Bertz CT molecular complexity index is 1360. The summed E-state index contributed by atoms with van der Waals surface area (Å²) in [6.45, 7) is 1.28. The maximum atomic E-state index is 14.9. The van der Waals surface area contributed by atoms with Crippen LogP contribution in [-0.4, -0.2) is 12.3 Å². The molecule has 0 bridgehead atoms. The Morgan fingerprint density at radius 2 is 1.61 bits per heavy atom. The number of rotatable bonds is 5. The molecule has 0 aromatic heterocycles. The molecule has 0 aliphatic rings. The average Bonchev–Trinajstić information content (AvgIpc) is 2.75. The molecule has 3 aromatic carbocycles. The van der Waals surface area contributed by atoms with Crippen molar-refractivity contribution in [3.05, 3.63) is 82.4 Å². The van der Waals surface area contributed by atoms with E-state index in [0.29, 0.717) is 12.1 Å². The highest BCUT2D eigenvalue weighted by molar-refractivity contribution is 6.06. The summed E-state index contributed by atoms with van der Waals surface area (Å²) in [4.78, 5) is 12.8. The van der Waals surface area contributed by atoms with Crippen molar-refractivity contribution in [2.75, 3.05) is 5.32 Å². The lowest BCUT2D eigenvalue weighted by Crippen LogP contribution is -2.19. The van der Waals surface area contributed by atoms with Crippen LogP contribution in [0.25, 0.3) is 0 Å². The Labute approximate surface area is 197 Å². The van der Waals surface area contributed by atoms with Crippen LogP contribution in [0.4, 0.5) is 40.8 Å². The quantitative estimate of drug-likeness (QED) is 0.367. The fraction of sp³-hybridized carbons (Fsp3) is 0.130. The number of nitrogens with zero attached hydrogens (tertiary/aromatic N) is 1. The normalized spacial score (nSPS) is 11.6. The van der Waals surface area contributed by atoms with Crippen LogP contribution in [0.5, 0.6) is 17.2 Å². The number of amides is 1. The van der Waals surface area contributed by atoms with Gasteiger partial charge in [-0.25, -0.2) is 8.78 Å². The van der Waals surface area contributed by atoms with Crippen molar-refractivity contribution < 1.29 is 49.4 Å². The topological polar surface area (TPSA) is 71.3 Å². The van der Waals surface area contributed by atoms with Crippen LogP contribution in [0.3, 0.4) is 0 Å². The molecular formula is C23H12F8N2O3. The smallest absolute Gasteiger partial charge is 0.456 e. The maximum Gasteiger partial charge on any atom is 0.573 e. The molecule has 0 heterocycles. The van der Waals surface area contributed by atoms with Gasteiger partial charge in [-0.15, -0.1) is 13.2 Å². The molecule has 36 heavy (non-hydrogen) atoms. The molecule has 3 aromatic rings. The predicted molar refractivity (Wildman–Crippen MR) is 108 cm³/mol. The minimum absolute atomic E-state index is 0.0145. The molecule has 0 saturated carbocycles.